The molecule has 0 amide bonds. The number of nitrogens with zero attached hydrogens (tertiary/aromatic N) is 1. The molecule has 0 bridgehead atoms. The number of aliphatic imine (C=N–C) groups is 1. The Bertz CT molecular complexity index is 1050. The molecule has 0 saturated carbocycles. The summed E-state index contributed by atoms with van der Waals surface area (Å²) in [6, 6.07) is 15.3. The minimum atomic E-state index is -0.966. The molecule has 6 heteroatoms. The second kappa shape index (κ2) is 8.35. The summed E-state index contributed by atoms with van der Waals surface area (Å²) in [5.41, 5.74) is 2.89. The van der Waals surface area contributed by atoms with Crippen molar-refractivity contribution in [2.75, 3.05) is 6.61 Å². The molecule has 142 valence electrons. The summed E-state index contributed by atoms with van der Waals surface area (Å²) < 4.78 is 10.8. The summed E-state index contributed by atoms with van der Waals surface area (Å²) in [6.07, 6.45) is 1.56. The van der Waals surface area contributed by atoms with E-state index in [4.69, 9.17) is 14.3 Å². The Hall–Kier alpha value is -3.67. The van der Waals surface area contributed by atoms with Crippen molar-refractivity contribution in [3.63, 3.8) is 0 Å². The number of carboxylic acid groups (broad SMARTS) is 1. The number of aromatic carboxylic acids is 1. The molecule has 1 heterocycles. The van der Waals surface area contributed by atoms with E-state index in [0.717, 1.165) is 11.1 Å². The molecular weight excluding hydrogens is 358 g/mol. The number of rotatable bonds is 6. The van der Waals surface area contributed by atoms with Gasteiger partial charge in [-0.2, -0.15) is 0 Å². The number of hydrogen-bond donors (Lipinski definition) is 1. The summed E-state index contributed by atoms with van der Waals surface area (Å²) >= 11 is 0. The first kappa shape index (κ1) is 19.1. The van der Waals surface area contributed by atoms with Gasteiger partial charge in [0.2, 0.25) is 0 Å². The molecule has 0 fully saturated rings. The number of carboxylic acids is 1. The van der Waals surface area contributed by atoms with Gasteiger partial charge < -0.3 is 14.3 Å². The van der Waals surface area contributed by atoms with Crippen molar-refractivity contribution in [1.29, 1.82) is 0 Å². The van der Waals surface area contributed by atoms with Crippen molar-refractivity contribution in [3.8, 4) is 11.3 Å². The zero-order valence-corrected chi connectivity index (χ0v) is 15.5. The van der Waals surface area contributed by atoms with Gasteiger partial charge in [0.25, 0.3) is 0 Å². The maximum atomic E-state index is 11.8. The second-order valence-corrected chi connectivity index (χ2v) is 6.07. The lowest BCUT2D eigenvalue weighted by Gasteiger charge is -2.04. The van der Waals surface area contributed by atoms with E-state index < -0.39 is 5.97 Å². The largest absolute Gasteiger partial charge is 0.478 e. The summed E-state index contributed by atoms with van der Waals surface area (Å²) in [6.45, 7) is 3.90. The molecule has 1 N–H and O–H groups in total. The van der Waals surface area contributed by atoms with Crippen molar-refractivity contribution >= 4 is 23.8 Å². The Morgan fingerprint density at radius 2 is 1.93 bits per heavy atom. The third-order valence-corrected chi connectivity index (χ3v) is 4.06. The van der Waals surface area contributed by atoms with Crippen molar-refractivity contribution in [2.24, 2.45) is 4.99 Å². The van der Waals surface area contributed by atoms with E-state index in [9.17, 15) is 9.59 Å². The Kier molecular flexibility index (Phi) is 5.69. The smallest absolute Gasteiger partial charge is 0.338 e. The predicted molar refractivity (Wildman–Crippen MR) is 105 cm³/mol. The van der Waals surface area contributed by atoms with Gasteiger partial charge in [-0.15, -0.1) is 0 Å². The van der Waals surface area contributed by atoms with Gasteiger partial charge in [0.1, 0.15) is 11.5 Å². The van der Waals surface area contributed by atoms with Crippen LogP contribution in [0.5, 0.6) is 0 Å². The van der Waals surface area contributed by atoms with Crippen molar-refractivity contribution in [1.82, 2.24) is 0 Å². The number of benzene rings is 2. The number of ether oxygens (including phenoxy) is 1. The van der Waals surface area contributed by atoms with E-state index in [1.54, 1.807) is 67.7 Å². The van der Waals surface area contributed by atoms with Crippen molar-refractivity contribution < 1.29 is 23.8 Å². The quantitative estimate of drug-likeness (QED) is 0.488. The summed E-state index contributed by atoms with van der Waals surface area (Å²) in [5.74, 6) is -0.193. The fourth-order valence-electron chi connectivity index (χ4n) is 2.71. The van der Waals surface area contributed by atoms with Crippen LogP contribution in [0.4, 0.5) is 5.69 Å². The third-order valence-electron chi connectivity index (χ3n) is 4.06. The number of hydrogen-bond acceptors (Lipinski definition) is 5. The van der Waals surface area contributed by atoms with E-state index in [2.05, 4.69) is 4.99 Å². The minimum absolute atomic E-state index is 0.232. The van der Waals surface area contributed by atoms with Gasteiger partial charge in [0.15, 0.2) is 0 Å². The topological polar surface area (TPSA) is 89.1 Å². The molecule has 1 aromatic heterocycles. The van der Waals surface area contributed by atoms with E-state index in [1.807, 2.05) is 6.92 Å². The van der Waals surface area contributed by atoms with Crippen LogP contribution in [0.15, 0.2) is 64.0 Å². The Morgan fingerprint density at radius 1 is 1.11 bits per heavy atom. The van der Waals surface area contributed by atoms with Crippen LogP contribution in [-0.2, 0) is 4.74 Å². The van der Waals surface area contributed by atoms with Gasteiger partial charge in [0, 0.05) is 5.56 Å². The SMILES string of the molecule is CCOC(=O)c1cccc(N=Cc2ccc(-c3ccc(C(=O)O)cc3C)o2)c1. The van der Waals surface area contributed by atoms with E-state index in [1.165, 1.54) is 0 Å². The van der Waals surface area contributed by atoms with Crippen LogP contribution in [0.2, 0.25) is 0 Å². The lowest BCUT2D eigenvalue weighted by molar-refractivity contribution is 0.0526. The van der Waals surface area contributed by atoms with Crippen LogP contribution in [-0.4, -0.2) is 29.9 Å². The van der Waals surface area contributed by atoms with Gasteiger partial charge in [-0.25, -0.2) is 9.59 Å². The Labute approximate surface area is 162 Å². The van der Waals surface area contributed by atoms with E-state index in [0.29, 0.717) is 29.4 Å². The molecule has 2 aromatic carbocycles. The Balaban J connectivity index is 1.79. The number of carbonyl (C=O) groups excluding carboxylic acids is 1. The lowest BCUT2D eigenvalue weighted by Crippen LogP contribution is -2.03. The molecule has 28 heavy (non-hydrogen) atoms. The maximum absolute atomic E-state index is 11.8. The fraction of sp³-hybridized carbons (Fsp3) is 0.136. The van der Waals surface area contributed by atoms with Crippen molar-refractivity contribution in [2.45, 2.75) is 13.8 Å². The molecule has 3 aromatic rings. The molecule has 0 atom stereocenters. The molecule has 6 nitrogen and oxygen atoms in total. The number of esters is 1. The molecule has 0 radical (unpaired) electrons. The average molecular weight is 377 g/mol. The first-order chi connectivity index (χ1) is 13.5. The van der Waals surface area contributed by atoms with E-state index in [-0.39, 0.29) is 11.5 Å². The summed E-state index contributed by atoms with van der Waals surface area (Å²) in [5, 5.41) is 9.07. The third kappa shape index (κ3) is 4.35. The van der Waals surface area contributed by atoms with Crippen molar-refractivity contribution in [3.05, 3.63) is 77.0 Å². The van der Waals surface area contributed by atoms with Crippen LogP contribution < -0.4 is 0 Å². The highest BCUT2D eigenvalue weighted by Gasteiger charge is 2.10. The number of furan rings is 1. The number of carbonyl (C=O) groups is 2. The van der Waals surface area contributed by atoms with Gasteiger partial charge in [-0.3, -0.25) is 4.99 Å². The highest BCUT2D eigenvalue weighted by Crippen LogP contribution is 2.26. The normalized spacial score (nSPS) is 10.9. The average Bonchev–Trinajstić information content (AvgIpc) is 3.15. The zero-order chi connectivity index (χ0) is 20.1. The first-order valence-corrected chi connectivity index (χ1v) is 8.73. The van der Waals surface area contributed by atoms with Gasteiger partial charge in [-0.05, 0) is 61.9 Å². The van der Waals surface area contributed by atoms with Gasteiger partial charge in [-0.1, -0.05) is 12.1 Å². The first-order valence-electron chi connectivity index (χ1n) is 8.73. The molecule has 0 spiro atoms. The minimum Gasteiger partial charge on any atom is -0.478 e. The van der Waals surface area contributed by atoms with Gasteiger partial charge >= 0.3 is 11.9 Å². The fourth-order valence-corrected chi connectivity index (χ4v) is 2.71. The number of aryl methyl sites for hydroxylation is 1. The van der Waals surface area contributed by atoms with Crippen LogP contribution in [0.25, 0.3) is 11.3 Å². The van der Waals surface area contributed by atoms with Crippen LogP contribution in [0, 0.1) is 6.92 Å². The maximum Gasteiger partial charge on any atom is 0.338 e. The molecule has 0 aliphatic heterocycles. The summed E-state index contributed by atoms with van der Waals surface area (Å²) in [7, 11) is 0. The van der Waals surface area contributed by atoms with Crippen LogP contribution in [0.1, 0.15) is 39.0 Å². The second-order valence-electron chi connectivity index (χ2n) is 6.07. The predicted octanol–water partition coefficient (Wildman–Crippen LogP) is 4.88. The molecule has 3 rings (SSSR count). The zero-order valence-electron chi connectivity index (χ0n) is 15.5. The highest BCUT2D eigenvalue weighted by atomic mass is 16.5. The van der Waals surface area contributed by atoms with Crippen LogP contribution >= 0.6 is 0 Å². The monoisotopic (exact) mass is 377 g/mol. The highest BCUT2D eigenvalue weighted by molar-refractivity contribution is 5.91. The molecule has 0 aliphatic carbocycles. The molecule has 0 aliphatic rings. The lowest BCUT2D eigenvalue weighted by atomic mass is 10.0. The molecule has 0 unspecified atom stereocenters. The standard InChI is InChI=1S/C22H19NO5/c1-3-27-22(26)16-5-4-6-17(12-16)23-13-18-8-10-20(28-18)19-9-7-15(21(24)25)11-14(19)2/h4-13H,3H2,1-2H3,(H,24,25). The molecular formula is C22H19NO5. The summed E-state index contributed by atoms with van der Waals surface area (Å²) in [4.78, 5) is 27.2. The van der Waals surface area contributed by atoms with Gasteiger partial charge in [0.05, 0.1) is 29.6 Å². The Morgan fingerprint density at radius 3 is 2.64 bits per heavy atom. The van der Waals surface area contributed by atoms with E-state index >= 15 is 0 Å². The molecule has 0 saturated heterocycles. The van der Waals surface area contributed by atoms with Crippen LogP contribution in [0.3, 0.4) is 0 Å².